The summed E-state index contributed by atoms with van der Waals surface area (Å²) in [6, 6.07) is 87.6. The molecule has 0 aromatic heterocycles. The van der Waals surface area contributed by atoms with Crippen LogP contribution in [0.4, 0.5) is 17.1 Å². The van der Waals surface area contributed by atoms with Gasteiger partial charge in [-0.15, -0.1) is 0 Å². The van der Waals surface area contributed by atoms with Crippen LogP contribution in [0.15, 0.2) is 261 Å². The predicted molar refractivity (Wildman–Crippen MR) is 323 cm³/mol. The Morgan fingerprint density at radius 3 is 1.59 bits per heavy atom. The maximum absolute atomic E-state index is 2.51. The molecule has 11 aromatic carbocycles. The average molecular weight is 976 g/mol. The van der Waals surface area contributed by atoms with Gasteiger partial charge in [-0.2, -0.15) is 0 Å². The van der Waals surface area contributed by atoms with E-state index >= 15 is 0 Å². The molecule has 0 amide bonds. The number of hydrogen-bond acceptors (Lipinski definition) is 1. The molecular weight excluding hydrogens is 915 g/mol. The molecule has 0 radical (unpaired) electrons. The summed E-state index contributed by atoms with van der Waals surface area (Å²) in [5, 5.41) is 5.36. The third-order valence-electron chi connectivity index (χ3n) is 17.0. The van der Waals surface area contributed by atoms with Crippen molar-refractivity contribution in [1.29, 1.82) is 0 Å². The molecule has 0 saturated carbocycles. The fourth-order valence-corrected chi connectivity index (χ4v) is 13.3. The van der Waals surface area contributed by atoms with E-state index in [4.69, 9.17) is 0 Å². The lowest BCUT2D eigenvalue weighted by atomic mass is 9.62. The summed E-state index contributed by atoms with van der Waals surface area (Å²) in [6.07, 6.45) is 10.2. The summed E-state index contributed by atoms with van der Waals surface area (Å²) in [7, 11) is 0. The highest BCUT2D eigenvalue weighted by Crippen LogP contribution is 2.59. The van der Waals surface area contributed by atoms with Crippen LogP contribution in [0.3, 0.4) is 0 Å². The van der Waals surface area contributed by atoms with Gasteiger partial charge < -0.3 is 4.90 Å². The molecule has 0 fully saturated rings. The first kappa shape index (κ1) is 47.0. The summed E-state index contributed by atoms with van der Waals surface area (Å²) in [6.45, 7) is 11.4. The second-order valence-electron chi connectivity index (χ2n) is 21.7. The van der Waals surface area contributed by atoms with Crippen LogP contribution in [0.25, 0.3) is 66.1 Å². The summed E-state index contributed by atoms with van der Waals surface area (Å²) in [5.74, 6) is 0.268. The summed E-state index contributed by atoms with van der Waals surface area (Å²) >= 11 is 0. The van der Waals surface area contributed by atoms with E-state index in [0.717, 1.165) is 17.8 Å². The molecule has 0 bridgehead atoms. The number of fused-ring (bicyclic) bond motifs is 9. The standard InChI is InChI=1S/C53H43N.C22H18/c1-36-23-30-45-46-31-28-42(34-50(46)52(2,3)49(45)33-36)54(41-26-24-38(25-27-41)37-15-7-4-8-16-37)43-29-32-47-44-21-13-14-22-48(44)53(51(47)35-43,39-17-9-5-10-18-39)40-19-11-6-12-20-40;1-15-9-3-4-10-17(15)22-16(2)18-11-5-6-12-19(18)20-13-7-8-14-21(20)22/h4-19,21-35,40H,20H2,1-3H3;3-14H,1-2H3. The third-order valence-corrected chi connectivity index (χ3v) is 17.0. The Morgan fingerprint density at radius 1 is 0.395 bits per heavy atom. The number of aryl methyl sites for hydroxylation is 3. The van der Waals surface area contributed by atoms with Crippen molar-refractivity contribution in [3.63, 3.8) is 0 Å². The zero-order valence-electron chi connectivity index (χ0n) is 44.1. The molecule has 0 N–H and O–H groups in total. The van der Waals surface area contributed by atoms with Gasteiger partial charge in [0.2, 0.25) is 0 Å². The molecule has 76 heavy (non-hydrogen) atoms. The Kier molecular flexibility index (Phi) is 11.7. The van der Waals surface area contributed by atoms with Crippen molar-refractivity contribution in [1.82, 2.24) is 0 Å². The molecule has 3 aliphatic carbocycles. The Balaban J connectivity index is 0.000000209. The van der Waals surface area contributed by atoms with Gasteiger partial charge in [0.1, 0.15) is 0 Å². The zero-order chi connectivity index (χ0) is 51.5. The van der Waals surface area contributed by atoms with E-state index in [-0.39, 0.29) is 16.7 Å². The highest BCUT2D eigenvalue weighted by atomic mass is 15.1. The number of allylic oxidation sites excluding steroid dienone is 4. The van der Waals surface area contributed by atoms with E-state index < -0.39 is 0 Å². The van der Waals surface area contributed by atoms with Gasteiger partial charge >= 0.3 is 0 Å². The fraction of sp³-hybridized carbons (Fsp3) is 0.120. The Bertz CT molecular complexity index is 4080. The van der Waals surface area contributed by atoms with Crippen LogP contribution >= 0.6 is 0 Å². The van der Waals surface area contributed by atoms with E-state index in [2.05, 4.69) is 300 Å². The second kappa shape index (κ2) is 18.9. The van der Waals surface area contributed by atoms with Crippen LogP contribution in [0.5, 0.6) is 0 Å². The van der Waals surface area contributed by atoms with Gasteiger partial charge in [0.05, 0.1) is 5.41 Å². The predicted octanol–water partition coefficient (Wildman–Crippen LogP) is 20.2. The van der Waals surface area contributed by atoms with E-state index in [1.807, 2.05) is 0 Å². The van der Waals surface area contributed by atoms with Crippen LogP contribution in [0.1, 0.15) is 64.8 Å². The van der Waals surface area contributed by atoms with Crippen molar-refractivity contribution in [2.24, 2.45) is 5.92 Å². The SMILES string of the molecule is Cc1ccc2c(c1)C(C)(C)c1cc(N(c3ccc(-c4ccccc4)cc3)c3ccc4c(c3)C(c3ccccc3)(C3C=CC=CC3)c3ccccc3-4)ccc1-2.Cc1ccccc1-c1c(C)c2ccccc2c2ccccc12. The van der Waals surface area contributed by atoms with Gasteiger partial charge in [0, 0.05) is 22.5 Å². The number of benzene rings is 11. The first-order valence-electron chi connectivity index (χ1n) is 27.0. The minimum atomic E-state index is -0.341. The number of hydrogen-bond donors (Lipinski definition) is 0. The lowest BCUT2D eigenvalue weighted by Gasteiger charge is -2.40. The largest absolute Gasteiger partial charge is 0.310 e. The third kappa shape index (κ3) is 7.59. The van der Waals surface area contributed by atoms with E-state index in [1.165, 1.54) is 116 Å². The van der Waals surface area contributed by atoms with Gasteiger partial charge in [-0.3, -0.25) is 0 Å². The van der Waals surface area contributed by atoms with Crippen molar-refractivity contribution in [3.8, 4) is 44.5 Å². The smallest absolute Gasteiger partial charge is 0.0529 e. The lowest BCUT2D eigenvalue weighted by molar-refractivity contribution is 0.457. The van der Waals surface area contributed by atoms with Gasteiger partial charge in [0.15, 0.2) is 0 Å². The minimum absolute atomic E-state index is 0.113. The van der Waals surface area contributed by atoms with Crippen molar-refractivity contribution in [2.75, 3.05) is 4.90 Å². The Labute approximate surface area is 448 Å². The first-order valence-corrected chi connectivity index (χ1v) is 27.0. The number of anilines is 3. The normalized spacial score (nSPS) is 16.4. The topological polar surface area (TPSA) is 3.24 Å². The zero-order valence-corrected chi connectivity index (χ0v) is 44.1. The fourth-order valence-electron chi connectivity index (χ4n) is 13.3. The maximum Gasteiger partial charge on any atom is 0.0529 e. The van der Waals surface area contributed by atoms with E-state index in [0.29, 0.717) is 0 Å². The molecule has 366 valence electrons. The first-order chi connectivity index (χ1) is 37.2. The quantitative estimate of drug-likeness (QED) is 0.144. The van der Waals surface area contributed by atoms with Crippen molar-refractivity contribution in [3.05, 3.63) is 305 Å². The molecular formula is C75H61N. The van der Waals surface area contributed by atoms with Crippen LogP contribution in [-0.2, 0) is 10.8 Å². The molecule has 0 saturated heterocycles. The maximum atomic E-state index is 2.51. The Morgan fingerprint density at radius 2 is 0.908 bits per heavy atom. The molecule has 14 rings (SSSR count). The molecule has 1 heteroatoms. The van der Waals surface area contributed by atoms with Crippen LogP contribution in [0.2, 0.25) is 0 Å². The summed E-state index contributed by atoms with van der Waals surface area (Å²) < 4.78 is 0. The van der Waals surface area contributed by atoms with E-state index in [9.17, 15) is 0 Å². The molecule has 0 aliphatic heterocycles. The van der Waals surface area contributed by atoms with Crippen LogP contribution in [0, 0.1) is 26.7 Å². The molecule has 0 heterocycles. The van der Waals surface area contributed by atoms with Crippen molar-refractivity contribution >= 4 is 38.6 Å². The minimum Gasteiger partial charge on any atom is -0.310 e. The number of rotatable bonds is 7. The van der Waals surface area contributed by atoms with Crippen molar-refractivity contribution in [2.45, 2.75) is 51.9 Å². The van der Waals surface area contributed by atoms with Gasteiger partial charge in [-0.25, -0.2) is 0 Å². The average Bonchev–Trinajstić information content (AvgIpc) is 3.91. The van der Waals surface area contributed by atoms with Crippen LogP contribution in [-0.4, -0.2) is 0 Å². The second-order valence-corrected chi connectivity index (χ2v) is 21.7. The Hall–Kier alpha value is -8.78. The molecule has 11 aromatic rings. The number of nitrogens with zero attached hydrogens (tertiary/aromatic N) is 1. The monoisotopic (exact) mass is 975 g/mol. The van der Waals surface area contributed by atoms with Gasteiger partial charge in [-0.05, 0) is 175 Å². The molecule has 2 atom stereocenters. The molecule has 1 nitrogen and oxygen atoms in total. The van der Waals surface area contributed by atoms with Crippen LogP contribution < -0.4 is 4.90 Å². The molecule has 3 aliphatic rings. The van der Waals surface area contributed by atoms with Gasteiger partial charge in [-0.1, -0.05) is 244 Å². The summed E-state index contributed by atoms with van der Waals surface area (Å²) in [4.78, 5) is 2.48. The molecule has 2 unspecified atom stereocenters. The van der Waals surface area contributed by atoms with Gasteiger partial charge in [0.25, 0.3) is 0 Å². The lowest BCUT2D eigenvalue weighted by Crippen LogP contribution is -2.35. The highest BCUT2D eigenvalue weighted by molar-refractivity contribution is 6.16. The summed E-state index contributed by atoms with van der Waals surface area (Å²) in [5.41, 5.74) is 24.4. The molecule has 0 spiro atoms. The highest BCUT2D eigenvalue weighted by Gasteiger charge is 2.49. The van der Waals surface area contributed by atoms with Crippen molar-refractivity contribution < 1.29 is 0 Å². The van der Waals surface area contributed by atoms with E-state index in [1.54, 1.807) is 0 Å².